The predicted molar refractivity (Wildman–Crippen MR) is 87.8 cm³/mol. The highest BCUT2D eigenvalue weighted by Gasteiger charge is 2.33. The first-order chi connectivity index (χ1) is 10.0. The van der Waals surface area contributed by atoms with Crippen molar-refractivity contribution in [1.29, 1.82) is 5.26 Å². The van der Waals surface area contributed by atoms with Crippen LogP contribution in [-0.2, 0) is 0 Å². The minimum atomic E-state index is 0.592. The van der Waals surface area contributed by atoms with E-state index in [2.05, 4.69) is 29.0 Å². The summed E-state index contributed by atoms with van der Waals surface area (Å²) < 4.78 is 0. The molecule has 1 saturated carbocycles. The zero-order chi connectivity index (χ0) is 15.4. The van der Waals surface area contributed by atoms with Crippen LogP contribution in [0.1, 0.15) is 32.4 Å². The van der Waals surface area contributed by atoms with Gasteiger partial charge in [-0.1, -0.05) is 19.4 Å². The van der Waals surface area contributed by atoms with E-state index in [0.29, 0.717) is 5.92 Å². The molecular weight excluding hydrogens is 258 g/mol. The fraction of sp³-hybridized carbons (Fsp3) is 0.444. The Morgan fingerprint density at radius 1 is 1.52 bits per heavy atom. The fourth-order valence-corrected chi connectivity index (χ4v) is 2.51. The van der Waals surface area contributed by atoms with E-state index in [4.69, 9.17) is 0 Å². The van der Waals surface area contributed by atoms with E-state index in [1.165, 1.54) is 12.8 Å². The third-order valence-corrected chi connectivity index (χ3v) is 4.06. The molecule has 3 nitrogen and oxygen atoms in total. The van der Waals surface area contributed by atoms with E-state index < -0.39 is 0 Å². The highest BCUT2D eigenvalue weighted by Crippen LogP contribution is 2.42. The molecule has 2 atom stereocenters. The van der Waals surface area contributed by atoms with E-state index >= 15 is 0 Å². The first kappa shape index (κ1) is 15.3. The average Bonchev–Trinajstić information content (AvgIpc) is 3.24. The van der Waals surface area contributed by atoms with Gasteiger partial charge in [-0.25, -0.2) is 0 Å². The molecule has 0 bridgehead atoms. The minimum Gasteiger partial charge on any atom is -0.378 e. The van der Waals surface area contributed by atoms with E-state index in [0.717, 1.165) is 28.4 Å². The number of anilines is 1. The Labute approximate surface area is 127 Å². The monoisotopic (exact) mass is 281 g/mol. The van der Waals surface area contributed by atoms with Gasteiger partial charge in [-0.2, -0.15) is 5.26 Å². The standard InChI is InChI=1S/C18H23N3/c1-5-15-10-16(15)9-14(12-19)8-13(2)18-11-17(21(3)4)6-7-20-18/h6-9,11,15-16H,5,10H2,1-4H3/b13-8+,14-9+. The van der Waals surface area contributed by atoms with Crippen molar-refractivity contribution in [2.24, 2.45) is 11.8 Å². The molecule has 0 spiro atoms. The largest absolute Gasteiger partial charge is 0.378 e. The van der Waals surface area contributed by atoms with Crippen LogP contribution in [0.2, 0.25) is 0 Å². The van der Waals surface area contributed by atoms with Crippen LogP contribution in [0.4, 0.5) is 5.69 Å². The Morgan fingerprint density at radius 3 is 2.86 bits per heavy atom. The predicted octanol–water partition coefficient (Wildman–Crippen LogP) is 4.05. The molecule has 0 saturated heterocycles. The topological polar surface area (TPSA) is 39.9 Å². The van der Waals surface area contributed by atoms with Gasteiger partial charge in [0.1, 0.15) is 0 Å². The second-order valence-electron chi connectivity index (χ2n) is 5.92. The van der Waals surface area contributed by atoms with Crippen LogP contribution in [-0.4, -0.2) is 19.1 Å². The molecule has 1 fully saturated rings. The van der Waals surface area contributed by atoms with Gasteiger partial charge in [-0.3, -0.25) is 4.98 Å². The van der Waals surface area contributed by atoms with Gasteiger partial charge in [0, 0.05) is 31.6 Å². The normalized spacial score (nSPS) is 21.9. The molecule has 0 aliphatic heterocycles. The Morgan fingerprint density at radius 2 is 2.29 bits per heavy atom. The lowest BCUT2D eigenvalue weighted by molar-refractivity contribution is 0.754. The molecule has 0 N–H and O–H groups in total. The molecule has 1 heterocycles. The van der Waals surface area contributed by atoms with E-state index in [-0.39, 0.29) is 0 Å². The summed E-state index contributed by atoms with van der Waals surface area (Å²) in [5.41, 5.74) is 3.82. The summed E-state index contributed by atoms with van der Waals surface area (Å²) in [5, 5.41) is 9.31. The van der Waals surface area contributed by atoms with Gasteiger partial charge in [-0.05, 0) is 49.0 Å². The summed E-state index contributed by atoms with van der Waals surface area (Å²) in [4.78, 5) is 6.45. The van der Waals surface area contributed by atoms with Crippen molar-refractivity contribution >= 4 is 11.3 Å². The van der Waals surface area contributed by atoms with Crippen molar-refractivity contribution in [1.82, 2.24) is 4.98 Å². The summed E-state index contributed by atoms with van der Waals surface area (Å²) in [6.45, 7) is 4.22. The van der Waals surface area contributed by atoms with E-state index in [1.54, 1.807) is 0 Å². The molecule has 2 rings (SSSR count). The van der Waals surface area contributed by atoms with Gasteiger partial charge in [0.15, 0.2) is 0 Å². The Hall–Kier alpha value is -2.08. The number of hydrogen-bond donors (Lipinski definition) is 0. The third-order valence-electron chi connectivity index (χ3n) is 4.06. The second-order valence-corrected chi connectivity index (χ2v) is 5.92. The number of nitrogens with zero attached hydrogens (tertiary/aromatic N) is 3. The number of hydrogen-bond acceptors (Lipinski definition) is 3. The van der Waals surface area contributed by atoms with Crippen molar-refractivity contribution in [3.8, 4) is 6.07 Å². The lowest BCUT2D eigenvalue weighted by Gasteiger charge is -2.13. The van der Waals surface area contributed by atoms with Crippen molar-refractivity contribution < 1.29 is 0 Å². The molecule has 3 heteroatoms. The second kappa shape index (κ2) is 6.58. The molecule has 2 unspecified atom stereocenters. The number of nitriles is 1. The lowest BCUT2D eigenvalue weighted by Crippen LogP contribution is -2.08. The third kappa shape index (κ3) is 3.95. The summed E-state index contributed by atoms with van der Waals surface area (Å²) in [5.74, 6) is 1.37. The van der Waals surface area contributed by atoms with Crippen molar-refractivity contribution in [2.45, 2.75) is 26.7 Å². The maximum absolute atomic E-state index is 9.31. The molecule has 1 aliphatic carbocycles. The maximum Gasteiger partial charge on any atom is 0.0988 e. The Kier molecular flexibility index (Phi) is 4.80. The van der Waals surface area contributed by atoms with Gasteiger partial charge < -0.3 is 4.90 Å². The van der Waals surface area contributed by atoms with Crippen molar-refractivity contribution in [2.75, 3.05) is 19.0 Å². The zero-order valence-electron chi connectivity index (χ0n) is 13.3. The first-order valence-electron chi connectivity index (χ1n) is 7.49. The quantitative estimate of drug-likeness (QED) is 0.604. The van der Waals surface area contributed by atoms with Crippen LogP contribution < -0.4 is 4.90 Å². The smallest absolute Gasteiger partial charge is 0.0988 e. The fourth-order valence-electron chi connectivity index (χ4n) is 2.51. The van der Waals surface area contributed by atoms with Gasteiger partial charge in [0.25, 0.3) is 0 Å². The number of aromatic nitrogens is 1. The number of allylic oxidation sites excluding steroid dienone is 4. The molecule has 0 aromatic carbocycles. The highest BCUT2D eigenvalue weighted by atomic mass is 15.1. The molecule has 110 valence electrons. The van der Waals surface area contributed by atoms with Crippen molar-refractivity contribution in [3.05, 3.63) is 41.7 Å². The van der Waals surface area contributed by atoms with Crippen LogP contribution >= 0.6 is 0 Å². The van der Waals surface area contributed by atoms with E-state index in [1.807, 2.05) is 45.4 Å². The maximum atomic E-state index is 9.31. The van der Waals surface area contributed by atoms with Crippen LogP contribution in [0.5, 0.6) is 0 Å². The minimum absolute atomic E-state index is 0.592. The van der Waals surface area contributed by atoms with Gasteiger partial charge in [0.2, 0.25) is 0 Å². The first-order valence-corrected chi connectivity index (χ1v) is 7.49. The van der Waals surface area contributed by atoms with Crippen LogP contribution in [0.3, 0.4) is 0 Å². The molecule has 1 aromatic heterocycles. The molecule has 21 heavy (non-hydrogen) atoms. The summed E-state index contributed by atoms with van der Waals surface area (Å²) >= 11 is 0. The molecular formula is C18H23N3. The summed E-state index contributed by atoms with van der Waals surface area (Å²) in [7, 11) is 4.02. The highest BCUT2D eigenvalue weighted by molar-refractivity contribution is 5.68. The van der Waals surface area contributed by atoms with Crippen LogP contribution in [0, 0.1) is 23.2 Å². The zero-order valence-corrected chi connectivity index (χ0v) is 13.3. The molecule has 1 aliphatic rings. The summed E-state index contributed by atoms with van der Waals surface area (Å²) in [6.07, 6.45) is 8.31. The van der Waals surface area contributed by atoms with Crippen molar-refractivity contribution in [3.63, 3.8) is 0 Å². The van der Waals surface area contributed by atoms with Crippen LogP contribution in [0.25, 0.3) is 5.57 Å². The lowest BCUT2D eigenvalue weighted by atomic mass is 10.1. The van der Waals surface area contributed by atoms with E-state index in [9.17, 15) is 5.26 Å². The Bertz CT molecular complexity index is 605. The molecule has 1 aromatic rings. The number of rotatable bonds is 5. The Balaban J connectivity index is 2.19. The molecule has 0 radical (unpaired) electrons. The SMILES string of the molecule is CCC1CC1/C=C(C#N)\C=C(/C)c1cc(N(C)C)ccn1. The molecule has 0 amide bonds. The number of pyridine rings is 1. The van der Waals surface area contributed by atoms with Crippen LogP contribution in [0.15, 0.2) is 36.1 Å². The van der Waals surface area contributed by atoms with Gasteiger partial charge >= 0.3 is 0 Å². The van der Waals surface area contributed by atoms with Gasteiger partial charge in [-0.15, -0.1) is 0 Å². The average molecular weight is 281 g/mol. The summed E-state index contributed by atoms with van der Waals surface area (Å²) in [6, 6.07) is 6.33. The van der Waals surface area contributed by atoms with Gasteiger partial charge in [0.05, 0.1) is 11.8 Å².